The van der Waals surface area contributed by atoms with Gasteiger partial charge in [-0.15, -0.1) is 0 Å². The molecule has 2 aromatic rings. The first-order valence-electron chi connectivity index (χ1n) is 12.9. The van der Waals surface area contributed by atoms with Crippen molar-refractivity contribution in [2.75, 3.05) is 0 Å². The molecule has 2 aliphatic carbocycles. The molecular formula is C30H42. The van der Waals surface area contributed by atoms with Gasteiger partial charge in [0.25, 0.3) is 0 Å². The number of rotatable bonds is 7. The van der Waals surface area contributed by atoms with Crippen molar-refractivity contribution in [2.45, 2.75) is 96.3 Å². The van der Waals surface area contributed by atoms with Crippen molar-refractivity contribution in [1.29, 1.82) is 0 Å². The Labute approximate surface area is 185 Å². The van der Waals surface area contributed by atoms with Crippen molar-refractivity contribution in [2.24, 2.45) is 17.8 Å². The second-order valence-electron chi connectivity index (χ2n) is 10.4. The van der Waals surface area contributed by atoms with E-state index in [1.165, 1.54) is 75.3 Å². The highest BCUT2D eigenvalue weighted by molar-refractivity contribution is 5.28. The molecule has 2 aliphatic rings. The molecular weight excluding hydrogens is 360 g/mol. The van der Waals surface area contributed by atoms with Gasteiger partial charge in [0, 0.05) is 0 Å². The molecule has 2 fully saturated rings. The summed E-state index contributed by atoms with van der Waals surface area (Å²) in [6, 6.07) is 20.6. The molecule has 162 valence electrons. The fourth-order valence-electron chi connectivity index (χ4n) is 6.46. The lowest BCUT2D eigenvalue weighted by Crippen LogP contribution is -2.25. The zero-order chi connectivity index (χ0) is 20.8. The summed E-state index contributed by atoms with van der Waals surface area (Å²) in [5, 5.41) is 0. The second kappa shape index (κ2) is 10.7. The van der Waals surface area contributed by atoms with Crippen molar-refractivity contribution < 1.29 is 0 Å². The smallest absolute Gasteiger partial charge is 0.0150 e. The van der Waals surface area contributed by atoms with Crippen LogP contribution in [-0.2, 0) is 6.42 Å². The second-order valence-corrected chi connectivity index (χ2v) is 10.4. The van der Waals surface area contributed by atoms with E-state index in [4.69, 9.17) is 0 Å². The summed E-state index contributed by atoms with van der Waals surface area (Å²) in [5.41, 5.74) is 4.52. The molecule has 4 rings (SSSR count). The summed E-state index contributed by atoms with van der Waals surface area (Å²) in [6.07, 6.45) is 15.8. The van der Waals surface area contributed by atoms with Gasteiger partial charge in [-0.3, -0.25) is 0 Å². The van der Waals surface area contributed by atoms with Gasteiger partial charge in [0.1, 0.15) is 0 Å². The van der Waals surface area contributed by atoms with Gasteiger partial charge in [-0.2, -0.15) is 0 Å². The van der Waals surface area contributed by atoms with Crippen molar-refractivity contribution >= 4 is 0 Å². The van der Waals surface area contributed by atoms with E-state index in [0.29, 0.717) is 5.92 Å². The number of hydrogen-bond acceptors (Lipinski definition) is 0. The standard InChI is InChI=1S/C30H42/c1-3-7-24-10-14-27(15-11-24)29-18-20-30(21-19-29)28-16-12-25(13-17-28)22-23(2)26-8-5-4-6-9-26/h4-6,8-9,12-13,16-17,23-24,27,29-30H,3,7,10-11,14-15,18-22H2,1-2H3/t23-,24?,27?,29?,30?/m0/s1. The van der Waals surface area contributed by atoms with Crippen LogP contribution in [0.25, 0.3) is 0 Å². The molecule has 0 spiro atoms. The van der Waals surface area contributed by atoms with Gasteiger partial charge in [0.05, 0.1) is 0 Å². The third-order valence-corrected chi connectivity index (χ3v) is 8.39. The van der Waals surface area contributed by atoms with Crippen LogP contribution in [-0.4, -0.2) is 0 Å². The summed E-state index contributed by atoms with van der Waals surface area (Å²) < 4.78 is 0. The molecule has 1 atom stereocenters. The highest BCUT2D eigenvalue weighted by Crippen LogP contribution is 2.44. The first-order chi connectivity index (χ1) is 14.7. The minimum atomic E-state index is 0.583. The molecule has 0 bridgehead atoms. The summed E-state index contributed by atoms with van der Waals surface area (Å²) in [4.78, 5) is 0. The molecule has 2 saturated carbocycles. The van der Waals surface area contributed by atoms with Crippen LogP contribution >= 0.6 is 0 Å². The normalized spacial score (nSPS) is 28.2. The molecule has 2 aromatic carbocycles. The van der Waals surface area contributed by atoms with Crippen LogP contribution in [0.4, 0.5) is 0 Å². The van der Waals surface area contributed by atoms with Gasteiger partial charge in [0.2, 0.25) is 0 Å². The Morgan fingerprint density at radius 2 is 1.33 bits per heavy atom. The molecule has 0 saturated heterocycles. The van der Waals surface area contributed by atoms with E-state index in [9.17, 15) is 0 Å². The van der Waals surface area contributed by atoms with E-state index in [2.05, 4.69) is 68.4 Å². The third kappa shape index (κ3) is 5.57. The lowest BCUT2D eigenvalue weighted by Gasteiger charge is -2.38. The maximum absolute atomic E-state index is 2.44. The van der Waals surface area contributed by atoms with Crippen molar-refractivity contribution in [3.05, 3.63) is 71.3 Å². The maximum Gasteiger partial charge on any atom is -0.0150 e. The Morgan fingerprint density at radius 1 is 0.733 bits per heavy atom. The van der Waals surface area contributed by atoms with Crippen LogP contribution in [0.2, 0.25) is 0 Å². The van der Waals surface area contributed by atoms with Crippen LogP contribution < -0.4 is 0 Å². The van der Waals surface area contributed by atoms with Gasteiger partial charge < -0.3 is 0 Å². The zero-order valence-corrected chi connectivity index (χ0v) is 19.4. The average Bonchev–Trinajstić information content (AvgIpc) is 2.81. The summed E-state index contributed by atoms with van der Waals surface area (Å²) in [6.45, 7) is 4.70. The maximum atomic E-state index is 2.44. The first-order valence-corrected chi connectivity index (χ1v) is 12.9. The van der Waals surface area contributed by atoms with E-state index >= 15 is 0 Å². The lowest BCUT2D eigenvalue weighted by molar-refractivity contribution is 0.156. The van der Waals surface area contributed by atoms with E-state index in [-0.39, 0.29) is 0 Å². The predicted octanol–water partition coefficient (Wildman–Crippen LogP) is 8.91. The van der Waals surface area contributed by atoms with Gasteiger partial charge in [-0.05, 0) is 91.2 Å². The molecule has 0 aliphatic heterocycles. The molecule has 0 aromatic heterocycles. The summed E-state index contributed by atoms with van der Waals surface area (Å²) in [7, 11) is 0. The van der Waals surface area contributed by atoms with E-state index < -0.39 is 0 Å². The van der Waals surface area contributed by atoms with Gasteiger partial charge in [-0.1, -0.05) is 94.1 Å². The quantitative estimate of drug-likeness (QED) is 0.433. The number of hydrogen-bond donors (Lipinski definition) is 0. The van der Waals surface area contributed by atoms with Crippen LogP contribution in [0.1, 0.15) is 107 Å². The Kier molecular flexibility index (Phi) is 7.69. The Morgan fingerprint density at radius 3 is 1.93 bits per heavy atom. The molecule has 0 unspecified atom stereocenters. The highest BCUT2D eigenvalue weighted by Gasteiger charge is 2.31. The Balaban J connectivity index is 1.25. The SMILES string of the molecule is CCCC1CCC(C2CCC(c3ccc(C[C@H](C)c4ccccc4)cc3)CC2)CC1. The molecule has 0 heterocycles. The number of benzene rings is 2. The monoisotopic (exact) mass is 402 g/mol. The summed E-state index contributed by atoms with van der Waals surface area (Å²) in [5.74, 6) is 4.50. The van der Waals surface area contributed by atoms with Crippen LogP contribution in [0.3, 0.4) is 0 Å². The van der Waals surface area contributed by atoms with Crippen LogP contribution in [0.15, 0.2) is 54.6 Å². The third-order valence-electron chi connectivity index (χ3n) is 8.39. The molecule has 0 N–H and O–H groups in total. The molecule has 0 nitrogen and oxygen atoms in total. The predicted molar refractivity (Wildman–Crippen MR) is 130 cm³/mol. The van der Waals surface area contributed by atoms with E-state index in [0.717, 1.165) is 30.1 Å². The lowest BCUT2D eigenvalue weighted by atomic mass is 9.68. The molecule has 0 radical (unpaired) electrons. The van der Waals surface area contributed by atoms with Gasteiger partial charge in [-0.25, -0.2) is 0 Å². The van der Waals surface area contributed by atoms with E-state index in [1.807, 2.05) is 0 Å². The largest absolute Gasteiger partial charge is 0.0654 e. The van der Waals surface area contributed by atoms with Crippen molar-refractivity contribution in [3.63, 3.8) is 0 Å². The Hall–Kier alpha value is -1.56. The first kappa shape index (κ1) is 21.7. The minimum absolute atomic E-state index is 0.583. The topological polar surface area (TPSA) is 0 Å². The van der Waals surface area contributed by atoms with E-state index in [1.54, 1.807) is 5.56 Å². The molecule has 0 amide bonds. The minimum Gasteiger partial charge on any atom is -0.0654 e. The fraction of sp³-hybridized carbons (Fsp3) is 0.600. The molecule has 0 heteroatoms. The highest BCUT2D eigenvalue weighted by atomic mass is 14.4. The fourth-order valence-corrected chi connectivity index (χ4v) is 6.46. The van der Waals surface area contributed by atoms with Crippen LogP contribution in [0, 0.1) is 17.8 Å². The Bertz CT molecular complexity index is 727. The molecule has 30 heavy (non-hydrogen) atoms. The van der Waals surface area contributed by atoms with Gasteiger partial charge in [0.15, 0.2) is 0 Å². The van der Waals surface area contributed by atoms with Crippen molar-refractivity contribution in [3.8, 4) is 0 Å². The van der Waals surface area contributed by atoms with Crippen LogP contribution in [0.5, 0.6) is 0 Å². The van der Waals surface area contributed by atoms with Crippen molar-refractivity contribution in [1.82, 2.24) is 0 Å². The summed E-state index contributed by atoms with van der Waals surface area (Å²) >= 11 is 0. The zero-order valence-electron chi connectivity index (χ0n) is 19.4. The van der Waals surface area contributed by atoms with Gasteiger partial charge >= 0.3 is 0 Å². The average molecular weight is 403 g/mol.